The largest absolute Gasteiger partial charge is 0.504 e. The van der Waals surface area contributed by atoms with Gasteiger partial charge in [-0.05, 0) is 6.42 Å². The average molecular weight is 329 g/mol. The van der Waals surface area contributed by atoms with Gasteiger partial charge in [0.25, 0.3) is 0 Å². The smallest absolute Gasteiger partial charge is 0.481 e. The summed E-state index contributed by atoms with van der Waals surface area (Å²) < 4.78 is 16.2. The molecule has 0 fully saturated rings. The van der Waals surface area contributed by atoms with Crippen LogP contribution in [0, 0.1) is 5.92 Å². The normalized spacial score (nSPS) is 17.5. The summed E-state index contributed by atoms with van der Waals surface area (Å²) in [5, 5.41) is 8.97. The second-order valence-corrected chi connectivity index (χ2v) is 8.59. The maximum absolute atomic E-state index is 10.9. The van der Waals surface area contributed by atoms with Gasteiger partial charge in [0.05, 0.1) is 5.92 Å². The summed E-state index contributed by atoms with van der Waals surface area (Å²) in [4.78, 5) is 11.0. The third-order valence-electron chi connectivity index (χ3n) is 2.89. The lowest BCUT2D eigenvalue weighted by molar-refractivity contribution is -0.141. The first kappa shape index (κ1) is 17.0. The standard InChI is InChI=1S/C10H21BrO5Si/c1-7(10(12)13)6-9(8(2)11)17(14-3,15-4)16-5/h7-9H,6H2,1-5H3,(H,12,13). The molecule has 0 spiro atoms. The fourth-order valence-electron chi connectivity index (χ4n) is 1.80. The summed E-state index contributed by atoms with van der Waals surface area (Å²) in [7, 11) is 1.78. The molecule has 0 aliphatic rings. The van der Waals surface area contributed by atoms with Crippen molar-refractivity contribution in [1.29, 1.82) is 0 Å². The van der Waals surface area contributed by atoms with Crippen molar-refractivity contribution < 1.29 is 23.2 Å². The topological polar surface area (TPSA) is 65.0 Å². The van der Waals surface area contributed by atoms with Crippen LogP contribution in [0.3, 0.4) is 0 Å². The predicted molar refractivity (Wildman–Crippen MR) is 70.3 cm³/mol. The van der Waals surface area contributed by atoms with E-state index in [0.29, 0.717) is 6.42 Å². The Hall–Kier alpha value is 0.0469. The van der Waals surface area contributed by atoms with E-state index in [1.165, 1.54) is 21.3 Å². The molecule has 0 aromatic heterocycles. The van der Waals surface area contributed by atoms with Crippen LogP contribution in [0.15, 0.2) is 0 Å². The monoisotopic (exact) mass is 328 g/mol. The molecular formula is C10H21BrO5Si. The van der Waals surface area contributed by atoms with Gasteiger partial charge in [0.2, 0.25) is 0 Å². The van der Waals surface area contributed by atoms with Crippen LogP contribution in [0.4, 0.5) is 0 Å². The van der Waals surface area contributed by atoms with Crippen LogP contribution in [0.1, 0.15) is 20.3 Å². The number of aliphatic carboxylic acids is 1. The summed E-state index contributed by atoms with van der Waals surface area (Å²) in [6, 6.07) is 0. The zero-order valence-electron chi connectivity index (χ0n) is 10.9. The fourth-order valence-corrected chi connectivity index (χ4v) is 5.60. The molecule has 0 heterocycles. The van der Waals surface area contributed by atoms with E-state index >= 15 is 0 Å². The van der Waals surface area contributed by atoms with Gasteiger partial charge in [-0.25, -0.2) is 0 Å². The number of carboxylic acid groups (broad SMARTS) is 1. The number of hydrogen-bond donors (Lipinski definition) is 1. The summed E-state index contributed by atoms with van der Waals surface area (Å²) in [6.45, 7) is 3.61. The summed E-state index contributed by atoms with van der Waals surface area (Å²) in [6.07, 6.45) is 0.448. The van der Waals surface area contributed by atoms with E-state index < -0.39 is 20.7 Å². The van der Waals surface area contributed by atoms with Crippen molar-refractivity contribution >= 4 is 30.7 Å². The van der Waals surface area contributed by atoms with Crippen LogP contribution < -0.4 is 0 Å². The van der Waals surface area contributed by atoms with Gasteiger partial charge < -0.3 is 18.4 Å². The van der Waals surface area contributed by atoms with E-state index in [-0.39, 0.29) is 10.4 Å². The second-order valence-electron chi connectivity index (χ2n) is 3.97. The van der Waals surface area contributed by atoms with Crippen LogP contribution in [0.25, 0.3) is 0 Å². The Bertz CT molecular complexity index is 237. The molecule has 0 aliphatic carbocycles. The van der Waals surface area contributed by atoms with E-state index in [0.717, 1.165) is 0 Å². The minimum Gasteiger partial charge on any atom is -0.481 e. The Morgan fingerprint density at radius 2 is 1.65 bits per heavy atom. The molecule has 7 heteroatoms. The number of rotatable bonds is 8. The third kappa shape index (κ3) is 4.33. The second kappa shape index (κ2) is 7.47. The minimum absolute atomic E-state index is 0.0517. The molecule has 0 saturated carbocycles. The van der Waals surface area contributed by atoms with Crippen molar-refractivity contribution in [3.05, 3.63) is 0 Å². The minimum atomic E-state index is -2.83. The van der Waals surface area contributed by atoms with Gasteiger partial charge in [-0.2, -0.15) is 0 Å². The van der Waals surface area contributed by atoms with Gasteiger partial charge in [-0.15, -0.1) is 0 Å². The molecule has 5 nitrogen and oxygen atoms in total. The highest BCUT2D eigenvalue weighted by molar-refractivity contribution is 9.09. The molecule has 0 saturated heterocycles. The SMILES string of the molecule is CO[Si](OC)(OC)C(CC(C)C(=O)O)C(C)Br. The molecule has 0 bridgehead atoms. The molecule has 0 rings (SSSR count). The highest BCUT2D eigenvalue weighted by Crippen LogP contribution is 2.37. The van der Waals surface area contributed by atoms with Crippen molar-refractivity contribution in [3.63, 3.8) is 0 Å². The summed E-state index contributed by atoms with van der Waals surface area (Å²) in [5.74, 6) is -1.29. The van der Waals surface area contributed by atoms with Crippen LogP contribution in [0.2, 0.25) is 5.54 Å². The first-order chi connectivity index (χ1) is 7.84. The first-order valence-electron chi connectivity index (χ1n) is 5.36. The third-order valence-corrected chi connectivity index (χ3v) is 7.37. The Labute approximate surface area is 112 Å². The Morgan fingerprint density at radius 3 is 1.88 bits per heavy atom. The van der Waals surface area contributed by atoms with Crippen molar-refractivity contribution in [1.82, 2.24) is 0 Å². The van der Waals surface area contributed by atoms with Gasteiger partial charge in [0.1, 0.15) is 0 Å². The quantitative estimate of drug-likeness (QED) is 0.546. The molecular weight excluding hydrogens is 308 g/mol. The van der Waals surface area contributed by atoms with Gasteiger partial charge >= 0.3 is 14.8 Å². The Morgan fingerprint density at radius 1 is 1.24 bits per heavy atom. The molecule has 0 radical (unpaired) electrons. The van der Waals surface area contributed by atoms with Crippen molar-refractivity contribution in [3.8, 4) is 0 Å². The first-order valence-corrected chi connectivity index (χ1v) is 8.08. The highest BCUT2D eigenvalue weighted by atomic mass is 79.9. The van der Waals surface area contributed by atoms with Gasteiger partial charge in [0, 0.05) is 31.7 Å². The molecule has 102 valence electrons. The molecule has 3 unspecified atom stereocenters. The van der Waals surface area contributed by atoms with E-state index in [4.69, 9.17) is 18.4 Å². The average Bonchev–Trinajstić information content (AvgIpc) is 2.29. The fraction of sp³-hybridized carbons (Fsp3) is 0.900. The molecule has 3 atom stereocenters. The Kier molecular flexibility index (Phi) is 7.50. The van der Waals surface area contributed by atoms with E-state index in [1.807, 2.05) is 6.92 Å². The number of hydrogen-bond acceptors (Lipinski definition) is 4. The number of halogens is 1. The van der Waals surface area contributed by atoms with Gasteiger partial charge in [-0.1, -0.05) is 29.8 Å². The molecule has 0 aliphatic heterocycles. The highest BCUT2D eigenvalue weighted by Gasteiger charge is 2.50. The number of alkyl halides is 1. The molecule has 1 N–H and O–H groups in total. The van der Waals surface area contributed by atoms with Crippen LogP contribution in [0.5, 0.6) is 0 Å². The lowest BCUT2D eigenvalue weighted by Gasteiger charge is -2.34. The zero-order valence-corrected chi connectivity index (χ0v) is 13.5. The summed E-state index contributed by atoms with van der Waals surface area (Å²) >= 11 is 3.48. The number of carbonyl (C=O) groups is 1. The maximum Gasteiger partial charge on any atom is 0.504 e. The molecule has 0 aromatic carbocycles. The van der Waals surface area contributed by atoms with Crippen LogP contribution in [-0.2, 0) is 18.1 Å². The molecule has 0 amide bonds. The Balaban J connectivity index is 5.00. The summed E-state index contributed by atoms with van der Waals surface area (Å²) in [5.41, 5.74) is -0.103. The predicted octanol–water partition coefficient (Wildman–Crippen LogP) is 2.13. The van der Waals surface area contributed by atoms with E-state index in [1.54, 1.807) is 6.92 Å². The van der Waals surface area contributed by atoms with Crippen LogP contribution in [-0.4, -0.2) is 46.0 Å². The van der Waals surface area contributed by atoms with Gasteiger partial charge in [-0.3, -0.25) is 4.79 Å². The van der Waals surface area contributed by atoms with Crippen LogP contribution >= 0.6 is 15.9 Å². The van der Waals surface area contributed by atoms with E-state index in [2.05, 4.69) is 15.9 Å². The van der Waals surface area contributed by atoms with E-state index in [9.17, 15) is 4.79 Å². The molecule has 17 heavy (non-hydrogen) atoms. The number of carboxylic acids is 1. The van der Waals surface area contributed by atoms with Gasteiger partial charge in [0.15, 0.2) is 0 Å². The lowest BCUT2D eigenvalue weighted by atomic mass is 10.0. The lowest BCUT2D eigenvalue weighted by Crippen LogP contribution is -2.50. The maximum atomic E-state index is 10.9. The van der Waals surface area contributed by atoms with Crippen molar-refractivity contribution in [2.45, 2.75) is 30.6 Å². The van der Waals surface area contributed by atoms with Crippen molar-refractivity contribution in [2.24, 2.45) is 5.92 Å². The molecule has 0 aromatic rings. The van der Waals surface area contributed by atoms with Crippen molar-refractivity contribution in [2.75, 3.05) is 21.3 Å². The zero-order chi connectivity index (χ0) is 13.6.